The fourth-order valence-corrected chi connectivity index (χ4v) is 1.95. The van der Waals surface area contributed by atoms with Gasteiger partial charge in [0, 0.05) is 12.3 Å². The summed E-state index contributed by atoms with van der Waals surface area (Å²) in [5.41, 5.74) is 0.697. The van der Waals surface area contributed by atoms with Crippen LogP contribution in [0.5, 0.6) is 11.6 Å². The number of nitro groups is 1. The van der Waals surface area contributed by atoms with Crippen molar-refractivity contribution in [1.82, 2.24) is 4.98 Å². The molecule has 0 amide bonds. The van der Waals surface area contributed by atoms with Crippen LogP contribution < -0.4 is 4.74 Å². The summed E-state index contributed by atoms with van der Waals surface area (Å²) in [6, 6.07) is 6.13. The Kier molecular flexibility index (Phi) is 4.01. The Morgan fingerprint density at radius 1 is 1.42 bits per heavy atom. The summed E-state index contributed by atoms with van der Waals surface area (Å²) in [4.78, 5) is 14.4. The van der Waals surface area contributed by atoms with Crippen LogP contribution in [0.1, 0.15) is 5.56 Å². The Balaban J connectivity index is 2.49. The third kappa shape index (κ3) is 2.85. The number of aromatic nitrogens is 1. The molecule has 2 aromatic rings. The molecule has 1 aromatic heterocycles. The van der Waals surface area contributed by atoms with E-state index >= 15 is 0 Å². The van der Waals surface area contributed by atoms with Crippen molar-refractivity contribution in [2.24, 2.45) is 0 Å². The van der Waals surface area contributed by atoms with Crippen molar-refractivity contribution in [3.8, 4) is 11.6 Å². The molecule has 98 valence electrons. The number of pyridine rings is 1. The SMILES string of the molecule is Cc1ccnc(Oc2c(Cl)cccc2[N+](=O)[O-])c1Br. The number of hydrogen-bond donors (Lipinski definition) is 0. The van der Waals surface area contributed by atoms with Crippen molar-refractivity contribution < 1.29 is 9.66 Å². The van der Waals surface area contributed by atoms with Gasteiger partial charge in [-0.05, 0) is 40.5 Å². The fourth-order valence-electron chi connectivity index (χ4n) is 1.43. The Morgan fingerprint density at radius 3 is 2.84 bits per heavy atom. The van der Waals surface area contributed by atoms with E-state index in [-0.39, 0.29) is 22.3 Å². The van der Waals surface area contributed by atoms with Gasteiger partial charge in [-0.1, -0.05) is 17.7 Å². The zero-order valence-corrected chi connectivity index (χ0v) is 12.1. The number of nitrogens with zero attached hydrogens (tertiary/aromatic N) is 2. The van der Waals surface area contributed by atoms with Crippen molar-refractivity contribution in [2.75, 3.05) is 0 Å². The van der Waals surface area contributed by atoms with Gasteiger partial charge in [0.15, 0.2) is 0 Å². The van der Waals surface area contributed by atoms with Crippen molar-refractivity contribution in [1.29, 1.82) is 0 Å². The molecule has 0 saturated carbocycles. The minimum atomic E-state index is -0.551. The molecular formula is C12H8BrClN2O3. The zero-order chi connectivity index (χ0) is 14.0. The topological polar surface area (TPSA) is 65.3 Å². The second-order valence-electron chi connectivity index (χ2n) is 3.69. The molecule has 0 aliphatic heterocycles. The molecule has 0 aliphatic carbocycles. The summed E-state index contributed by atoms with van der Waals surface area (Å²) in [5.74, 6) is 0.212. The Bertz CT molecular complexity index is 649. The van der Waals surface area contributed by atoms with Crippen LogP contribution >= 0.6 is 27.5 Å². The zero-order valence-electron chi connectivity index (χ0n) is 9.76. The maximum Gasteiger partial charge on any atom is 0.313 e. The van der Waals surface area contributed by atoms with E-state index in [2.05, 4.69) is 20.9 Å². The first-order chi connectivity index (χ1) is 9.00. The van der Waals surface area contributed by atoms with Crippen LogP contribution in [0.15, 0.2) is 34.9 Å². The third-order valence-electron chi connectivity index (χ3n) is 2.39. The lowest BCUT2D eigenvalue weighted by atomic mass is 10.3. The normalized spacial score (nSPS) is 10.3. The predicted molar refractivity (Wildman–Crippen MR) is 74.9 cm³/mol. The second kappa shape index (κ2) is 5.54. The molecular weight excluding hydrogens is 336 g/mol. The summed E-state index contributed by atoms with van der Waals surface area (Å²) < 4.78 is 6.11. The summed E-state index contributed by atoms with van der Waals surface area (Å²) in [5, 5.41) is 11.1. The lowest BCUT2D eigenvalue weighted by Crippen LogP contribution is -1.96. The molecule has 0 unspecified atom stereocenters. The van der Waals surface area contributed by atoms with Crippen LogP contribution in [0.3, 0.4) is 0 Å². The summed E-state index contributed by atoms with van der Waals surface area (Å²) >= 11 is 9.27. The van der Waals surface area contributed by atoms with Crippen LogP contribution in [-0.4, -0.2) is 9.91 Å². The van der Waals surface area contributed by atoms with Gasteiger partial charge < -0.3 is 4.74 Å². The molecule has 0 bridgehead atoms. The van der Waals surface area contributed by atoms with E-state index in [1.165, 1.54) is 18.2 Å². The minimum absolute atomic E-state index is 0.0204. The van der Waals surface area contributed by atoms with E-state index in [1.54, 1.807) is 12.3 Å². The lowest BCUT2D eigenvalue weighted by Gasteiger charge is -2.09. The molecule has 0 aliphatic rings. The maximum absolute atomic E-state index is 11.0. The largest absolute Gasteiger partial charge is 0.429 e. The third-order valence-corrected chi connectivity index (χ3v) is 3.65. The second-order valence-corrected chi connectivity index (χ2v) is 4.89. The van der Waals surface area contributed by atoms with Gasteiger partial charge in [0.2, 0.25) is 11.6 Å². The maximum atomic E-state index is 11.0. The molecule has 0 radical (unpaired) electrons. The predicted octanol–water partition coefficient (Wildman–Crippen LogP) is 4.51. The van der Waals surface area contributed by atoms with Crippen LogP contribution in [0.25, 0.3) is 0 Å². The Morgan fingerprint density at radius 2 is 2.16 bits per heavy atom. The number of hydrogen-bond acceptors (Lipinski definition) is 4. The van der Waals surface area contributed by atoms with E-state index in [9.17, 15) is 10.1 Å². The highest BCUT2D eigenvalue weighted by molar-refractivity contribution is 9.10. The quantitative estimate of drug-likeness (QED) is 0.607. The van der Waals surface area contributed by atoms with Crippen LogP contribution in [-0.2, 0) is 0 Å². The van der Waals surface area contributed by atoms with Crippen molar-refractivity contribution in [3.63, 3.8) is 0 Å². The van der Waals surface area contributed by atoms with Crippen LogP contribution in [0.2, 0.25) is 5.02 Å². The molecule has 7 heteroatoms. The molecule has 1 heterocycles. The molecule has 0 saturated heterocycles. The average molecular weight is 344 g/mol. The van der Waals surface area contributed by atoms with Crippen molar-refractivity contribution in [3.05, 3.63) is 55.6 Å². The standard InChI is InChI=1S/C12H8BrClN2O3/c1-7-5-6-15-12(10(7)13)19-11-8(14)3-2-4-9(11)16(17)18/h2-6H,1H3. The first-order valence-electron chi connectivity index (χ1n) is 5.22. The van der Waals surface area contributed by atoms with E-state index in [0.29, 0.717) is 4.47 Å². The monoisotopic (exact) mass is 342 g/mol. The summed E-state index contributed by atoms with van der Waals surface area (Å²) in [6.45, 7) is 1.86. The summed E-state index contributed by atoms with van der Waals surface area (Å²) in [6.07, 6.45) is 1.55. The minimum Gasteiger partial charge on any atom is -0.429 e. The first-order valence-corrected chi connectivity index (χ1v) is 6.39. The Labute approximate surface area is 122 Å². The van der Waals surface area contributed by atoms with Gasteiger partial charge in [-0.2, -0.15) is 0 Å². The number of aryl methyl sites for hydroxylation is 1. The van der Waals surface area contributed by atoms with Crippen LogP contribution in [0, 0.1) is 17.0 Å². The number of halogens is 2. The number of benzene rings is 1. The average Bonchev–Trinajstić information content (AvgIpc) is 2.36. The Hall–Kier alpha value is -1.66. The molecule has 0 spiro atoms. The number of para-hydroxylation sites is 1. The molecule has 1 aromatic carbocycles. The van der Waals surface area contributed by atoms with Gasteiger partial charge >= 0.3 is 5.69 Å². The number of rotatable bonds is 3. The summed E-state index contributed by atoms with van der Waals surface area (Å²) in [7, 11) is 0. The van der Waals surface area contributed by atoms with Crippen molar-refractivity contribution >= 4 is 33.2 Å². The van der Waals surface area contributed by atoms with Gasteiger partial charge in [-0.15, -0.1) is 0 Å². The molecule has 0 atom stereocenters. The van der Waals surface area contributed by atoms with E-state index in [4.69, 9.17) is 16.3 Å². The molecule has 0 N–H and O–H groups in total. The molecule has 5 nitrogen and oxygen atoms in total. The van der Waals surface area contributed by atoms with Crippen LogP contribution in [0.4, 0.5) is 5.69 Å². The molecule has 0 fully saturated rings. The fraction of sp³-hybridized carbons (Fsp3) is 0.0833. The molecule has 2 rings (SSSR count). The number of ether oxygens (including phenoxy) is 1. The van der Waals surface area contributed by atoms with E-state index in [0.717, 1.165) is 5.56 Å². The smallest absolute Gasteiger partial charge is 0.313 e. The van der Waals surface area contributed by atoms with Crippen molar-refractivity contribution in [2.45, 2.75) is 6.92 Å². The highest BCUT2D eigenvalue weighted by atomic mass is 79.9. The van der Waals surface area contributed by atoms with Gasteiger partial charge in [0.25, 0.3) is 0 Å². The van der Waals surface area contributed by atoms with Gasteiger partial charge in [0.1, 0.15) is 0 Å². The lowest BCUT2D eigenvalue weighted by molar-refractivity contribution is -0.385. The first kappa shape index (κ1) is 13.8. The van der Waals surface area contributed by atoms with Gasteiger partial charge in [-0.25, -0.2) is 4.98 Å². The van der Waals surface area contributed by atoms with Gasteiger partial charge in [-0.3, -0.25) is 10.1 Å². The number of nitro benzene ring substituents is 1. The highest BCUT2D eigenvalue weighted by Crippen LogP contribution is 2.39. The van der Waals surface area contributed by atoms with Gasteiger partial charge in [0.05, 0.1) is 14.4 Å². The highest BCUT2D eigenvalue weighted by Gasteiger charge is 2.20. The van der Waals surface area contributed by atoms with E-state index in [1.807, 2.05) is 6.92 Å². The van der Waals surface area contributed by atoms with E-state index < -0.39 is 4.92 Å². The molecule has 19 heavy (non-hydrogen) atoms.